The Morgan fingerprint density at radius 3 is 1.79 bits per heavy atom. The normalized spacial score (nSPS) is 10.5. The number of hydrogen-bond acceptors (Lipinski definition) is 2. The molecule has 4 nitrogen and oxygen atoms in total. The van der Waals surface area contributed by atoms with Gasteiger partial charge in [-0.3, -0.25) is 9.59 Å². The molecule has 2 N–H and O–H groups in total. The number of hydrogen-bond donors (Lipinski definition) is 2. The summed E-state index contributed by atoms with van der Waals surface area (Å²) in [6.45, 7) is 3.81. The summed E-state index contributed by atoms with van der Waals surface area (Å²) in [6.07, 6.45) is 0. The highest BCUT2D eigenvalue weighted by molar-refractivity contribution is 5.96. The molecule has 0 aromatic heterocycles. The van der Waals surface area contributed by atoms with Gasteiger partial charge in [0.2, 0.25) is 5.91 Å². The molecule has 0 fully saturated rings. The van der Waals surface area contributed by atoms with E-state index >= 15 is 0 Å². The van der Waals surface area contributed by atoms with Gasteiger partial charge >= 0.3 is 0 Å². The van der Waals surface area contributed by atoms with Gasteiger partial charge in [0, 0.05) is 5.56 Å². The van der Waals surface area contributed by atoms with Crippen molar-refractivity contribution >= 4 is 11.8 Å². The minimum Gasteiger partial charge on any atom is -0.344 e. The van der Waals surface area contributed by atoms with E-state index in [1.165, 1.54) is 0 Å². The molecule has 2 amide bonds. The summed E-state index contributed by atoms with van der Waals surface area (Å²) in [4.78, 5) is 24.9. The third-order valence-corrected chi connectivity index (χ3v) is 4.46. The van der Waals surface area contributed by atoms with Gasteiger partial charge in [0.1, 0.15) is 0 Å². The molecule has 3 aromatic carbocycles. The second-order valence-corrected chi connectivity index (χ2v) is 6.88. The van der Waals surface area contributed by atoms with Crippen LogP contribution in [0.3, 0.4) is 0 Å². The molecule has 28 heavy (non-hydrogen) atoms. The van der Waals surface area contributed by atoms with Crippen LogP contribution >= 0.6 is 0 Å². The molecule has 0 spiro atoms. The van der Waals surface area contributed by atoms with Crippen LogP contribution in [0, 0.1) is 13.8 Å². The van der Waals surface area contributed by atoms with Gasteiger partial charge in [-0.2, -0.15) is 0 Å². The van der Waals surface area contributed by atoms with E-state index in [0.717, 1.165) is 22.3 Å². The van der Waals surface area contributed by atoms with Crippen LogP contribution in [-0.2, 0) is 4.79 Å². The standard InChI is InChI=1S/C24H24N2O2/c1-17-13-18(2)15-21(14-17)24(28)25-16-22(27)26-23(19-9-5-3-6-10-19)20-11-7-4-8-12-20/h3-15,23H,16H2,1-2H3,(H,25,28)(H,26,27). The zero-order valence-corrected chi connectivity index (χ0v) is 16.1. The van der Waals surface area contributed by atoms with Crippen LogP contribution in [0.5, 0.6) is 0 Å². The summed E-state index contributed by atoms with van der Waals surface area (Å²) in [6, 6.07) is 24.9. The van der Waals surface area contributed by atoms with Crippen molar-refractivity contribution in [3.05, 3.63) is 107 Å². The van der Waals surface area contributed by atoms with Crippen LogP contribution in [0.4, 0.5) is 0 Å². The molecule has 3 rings (SSSR count). The predicted molar refractivity (Wildman–Crippen MR) is 111 cm³/mol. The fourth-order valence-corrected chi connectivity index (χ4v) is 3.23. The lowest BCUT2D eigenvalue weighted by Gasteiger charge is -2.20. The van der Waals surface area contributed by atoms with Crippen molar-refractivity contribution in [2.24, 2.45) is 0 Å². The molecule has 0 unspecified atom stereocenters. The third kappa shape index (κ3) is 5.07. The quantitative estimate of drug-likeness (QED) is 0.689. The van der Waals surface area contributed by atoms with Crippen molar-refractivity contribution < 1.29 is 9.59 Å². The largest absolute Gasteiger partial charge is 0.344 e. The lowest BCUT2D eigenvalue weighted by Crippen LogP contribution is -2.39. The number of amides is 2. The Labute approximate surface area is 165 Å². The van der Waals surface area contributed by atoms with Crippen LogP contribution in [-0.4, -0.2) is 18.4 Å². The fourth-order valence-electron chi connectivity index (χ4n) is 3.23. The van der Waals surface area contributed by atoms with Gasteiger partial charge in [0.15, 0.2) is 0 Å². The highest BCUT2D eigenvalue weighted by Crippen LogP contribution is 2.21. The minimum atomic E-state index is -0.270. The van der Waals surface area contributed by atoms with Crippen LogP contribution in [0.15, 0.2) is 78.9 Å². The molecule has 142 valence electrons. The zero-order valence-electron chi connectivity index (χ0n) is 16.1. The van der Waals surface area contributed by atoms with Crippen molar-refractivity contribution in [1.29, 1.82) is 0 Å². The van der Waals surface area contributed by atoms with Gasteiger partial charge in [-0.1, -0.05) is 77.9 Å². The summed E-state index contributed by atoms with van der Waals surface area (Å²) >= 11 is 0. The highest BCUT2D eigenvalue weighted by atomic mass is 16.2. The minimum absolute atomic E-state index is 0.0814. The Hall–Kier alpha value is -3.40. The molecule has 0 heterocycles. The van der Waals surface area contributed by atoms with Crippen molar-refractivity contribution in [2.45, 2.75) is 19.9 Å². The van der Waals surface area contributed by atoms with Crippen LogP contribution < -0.4 is 10.6 Å². The number of benzene rings is 3. The monoisotopic (exact) mass is 372 g/mol. The summed E-state index contributed by atoms with van der Waals surface area (Å²) in [5, 5.41) is 5.74. The SMILES string of the molecule is Cc1cc(C)cc(C(=O)NCC(=O)NC(c2ccccc2)c2ccccc2)c1. The van der Waals surface area contributed by atoms with Gasteiger partial charge in [-0.25, -0.2) is 0 Å². The van der Waals surface area contributed by atoms with E-state index in [2.05, 4.69) is 10.6 Å². The summed E-state index contributed by atoms with van der Waals surface area (Å²) in [5.41, 5.74) is 4.57. The molecular formula is C24H24N2O2. The van der Waals surface area contributed by atoms with Crippen molar-refractivity contribution in [3.8, 4) is 0 Å². The first kappa shape index (κ1) is 19.4. The summed E-state index contributed by atoms with van der Waals surface area (Å²) < 4.78 is 0. The molecule has 0 radical (unpaired) electrons. The zero-order chi connectivity index (χ0) is 19.9. The van der Waals surface area contributed by atoms with Gasteiger partial charge in [0.05, 0.1) is 12.6 Å². The van der Waals surface area contributed by atoms with Gasteiger partial charge < -0.3 is 10.6 Å². The van der Waals surface area contributed by atoms with E-state index in [0.29, 0.717) is 5.56 Å². The molecule has 0 atom stereocenters. The van der Waals surface area contributed by atoms with Gasteiger partial charge in [-0.15, -0.1) is 0 Å². The predicted octanol–water partition coefficient (Wildman–Crippen LogP) is 3.94. The highest BCUT2D eigenvalue weighted by Gasteiger charge is 2.17. The number of aryl methyl sites for hydroxylation is 2. The average molecular weight is 372 g/mol. The number of carbonyl (C=O) groups is 2. The lowest BCUT2D eigenvalue weighted by atomic mass is 9.99. The van der Waals surface area contributed by atoms with E-state index in [1.807, 2.05) is 92.7 Å². The van der Waals surface area contributed by atoms with Gasteiger partial charge in [-0.05, 0) is 37.1 Å². The number of rotatable bonds is 6. The first-order valence-electron chi connectivity index (χ1n) is 9.28. The van der Waals surface area contributed by atoms with Crippen LogP contribution in [0.25, 0.3) is 0 Å². The van der Waals surface area contributed by atoms with Crippen LogP contribution in [0.2, 0.25) is 0 Å². The van der Waals surface area contributed by atoms with E-state index in [1.54, 1.807) is 0 Å². The van der Waals surface area contributed by atoms with Crippen molar-refractivity contribution in [2.75, 3.05) is 6.54 Å². The average Bonchev–Trinajstić information content (AvgIpc) is 2.71. The Kier molecular flexibility index (Phi) is 6.22. The van der Waals surface area contributed by atoms with Gasteiger partial charge in [0.25, 0.3) is 5.91 Å². The summed E-state index contributed by atoms with van der Waals surface area (Å²) in [5.74, 6) is -0.492. The van der Waals surface area contributed by atoms with Crippen LogP contribution in [0.1, 0.15) is 38.7 Å². The first-order valence-corrected chi connectivity index (χ1v) is 9.28. The molecule has 0 bridgehead atoms. The second-order valence-electron chi connectivity index (χ2n) is 6.88. The molecule has 0 saturated heterocycles. The fraction of sp³-hybridized carbons (Fsp3) is 0.167. The molecule has 0 aliphatic heterocycles. The molecule has 0 saturated carbocycles. The Bertz CT molecular complexity index is 893. The maximum atomic E-state index is 12.5. The maximum absolute atomic E-state index is 12.5. The number of carbonyl (C=O) groups excluding carboxylic acids is 2. The second kappa shape index (κ2) is 9.00. The molecule has 0 aliphatic carbocycles. The van der Waals surface area contributed by atoms with Crippen molar-refractivity contribution in [1.82, 2.24) is 10.6 Å². The molecular weight excluding hydrogens is 348 g/mol. The maximum Gasteiger partial charge on any atom is 0.251 e. The summed E-state index contributed by atoms with van der Waals surface area (Å²) in [7, 11) is 0. The molecule has 3 aromatic rings. The van der Waals surface area contributed by atoms with E-state index in [4.69, 9.17) is 0 Å². The topological polar surface area (TPSA) is 58.2 Å². The first-order chi connectivity index (χ1) is 13.5. The molecule has 0 aliphatic rings. The molecule has 4 heteroatoms. The van der Waals surface area contributed by atoms with E-state index in [-0.39, 0.29) is 24.4 Å². The Morgan fingerprint density at radius 1 is 0.786 bits per heavy atom. The number of nitrogens with one attached hydrogen (secondary N) is 2. The smallest absolute Gasteiger partial charge is 0.251 e. The Morgan fingerprint density at radius 2 is 1.29 bits per heavy atom. The third-order valence-electron chi connectivity index (χ3n) is 4.46. The Balaban J connectivity index is 1.68. The van der Waals surface area contributed by atoms with E-state index < -0.39 is 0 Å². The van der Waals surface area contributed by atoms with Crippen molar-refractivity contribution in [3.63, 3.8) is 0 Å². The lowest BCUT2D eigenvalue weighted by molar-refractivity contribution is -0.120. The van der Waals surface area contributed by atoms with E-state index in [9.17, 15) is 9.59 Å².